The summed E-state index contributed by atoms with van der Waals surface area (Å²) in [5, 5.41) is 3.38. The van der Waals surface area contributed by atoms with Crippen molar-refractivity contribution in [3.05, 3.63) is 58.6 Å². The van der Waals surface area contributed by atoms with Crippen LogP contribution >= 0.6 is 36.4 Å². The molecule has 1 heterocycles. The molecule has 0 radical (unpaired) electrons. The Morgan fingerprint density at radius 2 is 1.86 bits per heavy atom. The lowest BCUT2D eigenvalue weighted by Crippen LogP contribution is -2.36. The van der Waals surface area contributed by atoms with Crippen LogP contribution in [0, 0.1) is 0 Å². The third-order valence-corrected chi connectivity index (χ3v) is 5.11. The van der Waals surface area contributed by atoms with Crippen molar-refractivity contribution in [2.45, 2.75) is 18.9 Å². The maximum absolute atomic E-state index is 12.7. The fourth-order valence-electron chi connectivity index (χ4n) is 3.39. The molecule has 1 amide bonds. The summed E-state index contributed by atoms with van der Waals surface area (Å²) in [5.74, 6) is 0.200. The van der Waals surface area contributed by atoms with Crippen LogP contribution in [0.2, 0.25) is 5.02 Å². The highest BCUT2D eigenvalue weighted by molar-refractivity contribution is 6.33. The molecule has 1 unspecified atom stereocenters. The Bertz CT molecular complexity index is 769. The smallest absolute Gasteiger partial charge is 0.255 e. The van der Waals surface area contributed by atoms with Crippen LogP contribution in [0.5, 0.6) is 5.75 Å². The van der Waals surface area contributed by atoms with E-state index in [1.807, 2.05) is 18.2 Å². The lowest BCUT2D eigenvalue weighted by atomic mass is 10.1. The molecule has 2 aromatic carbocycles. The van der Waals surface area contributed by atoms with Crippen molar-refractivity contribution in [1.29, 1.82) is 0 Å². The second-order valence-corrected chi connectivity index (χ2v) is 6.86. The van der Waals surface area contributed by atoms with Gasteiger partial charge in [-0.2, -0.15) is 0 Å². The van der Waals surface area contributed by atoms with E-state index in [1.165, 1.54) is 25.5 Å². The number of methoxy groups -OCH3 is 1. The number of nitrogens with two attached hydrogens (primary N) is 1. The molecule has 0 aliphatic carbocycles. The van der Waals surface area contributed by atoms with Gasteiger partial charge >= 0.3 is 0 Å². The number of nitrogens with zero attached hydrogens (tertiary/aromatic N) is 1. The number of halogens is 3. The minimum Gasteiger partial charge on any atom is -0.496 e. The zero-order valence-electron chi connectivity index (χ0n) is 15.7. The average molecular weight is 447 g/mol. The zero-order valence-corrected chi connectivity index (χ0v) is 18.1. The van der Waals surface area contributed by atoms with Crippen molar-refractivity contribution < 1.29 is 9.53 Å². The fraction of sp³-hybridized carbons (Fsp3) is 0.350. The molecule has 0 bridgehead atoms. The maximum Gasteiger partial charge on any atom is 0.255 e. The molecule has 8 heteroatoms. The summed E-state index contributed by atoms with van der Waals surface area (Å²) in [7, 11) is 1.51. The van der Waals surface area contributed by atoms with Crippen LogP contribution in [-0.4, -0.2) is 37.6 Å². The minimum absolute atomic E-state index is 0. The second-order valence-electron chi connectivity index (χ2n) is 6.45. The van der Waals surface area contributed by atoms with E-state index >= 15 is 0 Å². The first kappa shape index (κ1) is 24.4. The number of rotatable bonds is 6. The molecule has 0 saturated carbocycles. The first-order valence-electron chi connectivity index (χ1n) is 8.80. The zero-order chi connectivity index (χ0) is 18.5. The van der Waals surface area contributed by atoms with E-state index in [0.29, 0.717) is 28.6 Å². The van der Waals surface area contributed by atoms with Gasteiger partial charge < -0.3 is 15.8 Å². The molecule has 3 rings (SSSR count). The largest absolute Gasteiger partial charge is 0.496 e. The fourth-order valence-corrected chi connectivity index (χ4v) is 3.55. The van der Waals surface area contributed by atoms with Crippen LogP contribution in [-0.2, 0) is 0 Å². The highest BCUT2D eigenvalue weighted by atomic mass is 35.5. The molecule has 0 aromatic heterocycles. The van der Waals surface area contributed by atoms with Crippen LogP contribution in [0.1, 0.15) is 34.8 Å². The number of nitrogens with one attached hydrogen (secondary N) is 1. The summed E-state index contributed by atoms with van der Waals surface area (Å²) < 4.78 is 5.28. The molecule has 0 spiro atoms. The third kappa shape index (κ3) is 5.67. The van der Waals surface area contributed by atoms with Gasteiger partial charge in [0.1, 0.15) is 5.75 Å². The molecule has 1 atom stereocenters. The topological polar surface area (TPSA) is 67.6 Å². The number of amides is 1. The number of hydrogen-bond donors (Lipinski definition) is 2. The maximum atomic E-state index is 12.7. The highest BCUT2D eigenvalue weighted by Crippen LogP contribution is 2.29. The minimum atomic E-state index is -0.219. The summed E-state index contributed by atoms with van der Waals surface area (Å²) in [4.78, 5) is 15.1. The van der Waals surface area contributed by atoms with Crippen molar-refractivity contribution >= 4 is 48.0 Å². The van der Waals surface area contributed by atoms with E-state index in [1.54, 1.807) is 12.1 Å². The second kappa shape index (κ2) is 11.4. The number of carbonyl (C=O) groups excluding carboxylic acids is 1. The van der Waals surface area contributed by atoms with Crippen molar-refractivity contribution in [1.82, 2.24) is 10.2 Å². The standard InChI is InChI=1S/C20H24ClN3O2.2ClH/c1-26-19-12-17(22)16(21)11-15(19)20(25)23-13-18(24-9-5-6-10-24)14-7-3-2-4-8-14;;/h2-4,7-8,11-12,18H,5-6,9-10,13,22H2,1H3,(H,23,25);2*1H. The first-order chi connectivity index (χ1) is 12.6. The van der Waals surface area contributed by atoms with E-state index in [2.05, 4.69) is 22.3 Å². The van der Waals surface area contributed by atoms with E-state index in [9.17, 15) is 4.79 Å². The number of likely N-dealkylation sites (tertiary alicyclic amines) is 1. The molecular weight excluding hydrogens is 421 g/mol. The SMILES string of the molecule is COc1cc(N)c(Cl)cc1C(=O)NCC(c1ccccc1)N1CCCC1.Cl.Cl. The lowest BCUT2D eigenvalue weighted by Gasteiger charge is -2.28. The summed E-state index contributed by atoms with van der Waals surface area (Å²) in [6, 6.07) is 13.6. The lowest BCUT2D eigenvalue weighted by molar-refractivity contribution is 0.0935. The molecule has 3 N–H and O–H groups in total. The van der Waals surface area contributed by atoms with Crippen molar-refractivity contribution in [3.8, 4) is 5.75 Å². The number of benzene rings is 2. The van der Waals surface area contributed by atoms with Gasteiger partial charge in [-0.25, -0.2) is 0 Å². The summed E-state index contributed by atoms with van der Waals surface area (Å²) >= 11 is 6.08. The van der Waals surface area contributed by atoms with E-state index in [0.717, 1.165) is 13.1 Å². The quantitative estimate of drug-likeness (QED) is 0.648. The van der Waals surface area contributed by atoms with Gasteiger partial charge in [0, 0.05) is 12.6 Å². The normalized spacial score (nSPS) is 14.5. The Labute approximate surface area is 183 Å². The van der Waals surface area contributed by atoms with Gasteiger partial charge in [-0.1, -0.05) is 41.9 Å². The molecule has 2 aromatic rings. The number of nitrogen functional groups attached to an aromatic ring is 1. The Hall–Kier alpha value is -1.66. The number of anilines is 1. The Kier molecular flexibility index (Phi) is 9.90. The van der Waals surface area contributed by atoms with Gasteiger partial charge in [0.15, 0.2) is 0 Å². The molecule has 154 valence electrons. The Balaban J connectivity index is 0.00000196. The summed E-state index contributed by atoms with van der Waals surface area (Å²) in [5.41, 5.74) is 7.78. The molecule has 1 fully saturated rings. The molecule has 28 heavy (non-hydrogen) atoms. The molecule has 5 nitrogen and oxygen atoms in total. The van der Waals surface area contributed by atoms with Crippen LogP contribution in [0.3, 0.4) is 0 Å². The van der Waals surface area contributed by atoms with Gasteiger partial charge in [-0.3, -0.25) is 9.69 Å². The predicted molar refractivity (Wildman–Crippen MR) is 119 cm³/mol. The number of ether oxygens (including phenoxy) is 1. The summed E-state index contributed by atoms with van der Waals surface area (Å²) in [6.07, 6.45) is 2.39. The first-order valence-corrected chi connectivity index (χ1v) is 9.18. The Morgan fingerprint density at radius 3 is 2.46 bits per heavy atom. The van der Waals surface area contributed by atoms with Gasteiger partial charge in [-0.05, 0) is 37.6 Å². The van der Waals surface area contributed by atoms with Gasteiger partial charge in [-0.15, -0.1) is 24.8 Å². The monoisotopic (exact) mass is 445 g/mol. The third-order valence-electron chi connectivity index (χ3n) is 4.79. The van der Waals surface area contributed by atoms with Crippen molar-refractivity contribution in [2.75, 3.05) is 32.5 Å². The van der Waals surface area contributed by atoms with E-state index in [-0.39, 0.29) is 36.8 Å². The van der Waals surface area contributed by atoms with Crippen LogP contribution in [0.15, 0.2) is 42.5 Å². The van der Waals surface area contributed by atoms with Crippen molar-refractivity contribution in [2.24, 2.45) is 0 Å². The number of carbonyl (C=O) groups is 1. The van der Waals surface area contributed by atoms with Crippen molar-refractivity contribution in [3.63, 3.8) is 0 Å². The highest BCUT2D eigenvalue weighted by Gasteiger charge is 2.24. The molecule has 1 aliphatic rings. The predicted octanol–water partition coefficient (Wildman–Crippen LogP) is 4.34. The summed E-state index contributed by atoms with van der Waals surface area (Å²) in [6.45, 7) is 2.62. The van der Waals surface area contributed by atoms with E-state index < -0.39 is 0 Å². The van der Waals surface area contributed by atoms with E-state index in [4.69, 9.17) is 22.1 Å². The number of hydrogen-bond acceptors (Lipinski definition) is 4. The van der Waals surface area contributed by atoms with Crippen LogP contribution in [0.4, 0.5) is 5.69 Å². The van der Waals surface area contributed by atoms with Gasteiger partial charge in [0.2, 0.25) is 0 Å². The molecule has 1 saturated heterocycles. The van der Waals surface area contributed by atoms with Gasteiger partial charge in [0.05, 0.1) is 29.4 Å². The average Bonchev–Trinajstić information content (AvgIpc) is 3.19. The molecule has 1 aliphatic heterocycles. The van der Waals surface area contributed by atoms with Gasteiger partial charge in [0.25, 0.3) is 5.91 Å². The van der Waals surface area contributed by atoms with Crippen LogP contribution in [0.25, 0.3) is 0 Å². The Morgan fingerprint density at radius 1 is 1.21 bits per heavy atom. The van der Waals surface area contributed by atoms with Crippen LogP contribution < -0.4 is 15.8 Å². The molecular formula is C20H26Cl3N3O2.